The number of hydrogen-bond acceptors (Lipinski definition) is 2. The van der Waals surface area contributed by atoms with Crippen LogP contribution in [0.4, 0.5) is 4.39 Å². The molecule has 2 nitrogen and oxygen atoms in total. The molecular weight excluding hydrogens is 399 g/mol. The molecule has 180 valence electrons. The summed E-state index contributed by atoms with van der Waals surface area (Å²) >= 11 is 0. The van der Waals surface area contributed by atoms with Gasteiger partial charge >= 0.3 is 5.97 Å². The van der Waals surface area contributed by atoms with E-state index < -0.39 is 0 Å². The summed E-state index contributed by atoms with van der Waals surface area (Å²) in [4.78, 5) is 12.2. The van der Waals surface area contributed by atoms with Gasteiger partial charge in [0.05, 0.1) is 0 Å². The highest BCUT2D eigenvalue weighted by Gasteiger charge is 2.31. The highest BCUT2D eigenvalue weighted by Crippen LogP contribution is 2.43. The summed E-state index contributed by atoms with van der Waals surface area (Å²) < 4.78 is 18.4. The van der Waals surface area contributed by atoms with Crippen molar-refractivity contribution >= 4 is 5.97 Å². The third-order valence-electron chi connectivity index (χ3n) is 8.15. The van der Waals surface area contributed by atoms with Gasteiger partial charge in [-0.05, 0) is 73.6 Å². The maximum Gasteiger partial charge on any atom is 0.311 e. The Bertz CT molecular complexity index is 648. The molecule has 0 heterocycles. The van der Waals surface area contributed by atoms with Crippen molar-refractivity contribution in [2.24, 2.45) is 23.7 Å². The lowest BCUT2D eigenvalue weighted by atomic mass is 9.67. The van der Waals surface area contributed by atoms with Gasteiger partial charge in [-0.25, -0.2) is 4.39 Å². The van der Waals surface area contributed by atoms with E-state index in [0.29, 0.717) is 18.1 Å². The van der Waals surface area contributed by atoms with Crippen molar-refractivity contribution in [2.45, 2.75) is 116 Å². The Morgan fingerprint density at radius 3 is 2.31 bits per heavy atom. The van der Waals surface area contributed by atoms with E-state index in [2.05, 4.69) is 6.92 Å². The topological polar surface area (TPSA) is 26.3 Å². The van der Waals surface area contributed by atoms with Crippen molar-refractivity contribution in [3.8, 4) is 5.75 Å². The standard InChI is InChI=1S/C29H45FO2/c1-2-3-4-5-6-7-9-23-12-15-25(16-13-23)26-11-8-10-24(22-26)14-21-29(31)32-28-19-17-27(30)18-20-28/h17-20,23-26H,2-16,21-22H2,1H3/t23-,24?,25-,26-/m0/s1. The fraction of sp³-hybridized carbons (Fsp3) is 0.759. The van der Waals surface area contributed by atoms with Crippen LogP contribution in [0.3, 0.4) is 0 Å². The monoisotopic (exact) mass is 444 g/mol. The van der Waals surface area contributed by atoms with E-state index in [9.17, 15) is 9.18 Å². The third kappa shape index (κ3) is 8.87. The number of carbonyl (C=O) groups is 1. The van der Waals surface area contributed by atoms with E-state index in [1.165, 1.54) is 121 Å². The van der Waals surface area contributed by atoms with Crippen molar-refractivity contribution in [1.82, 2.24) is 0 Å². The van der Waals surface area contributed by atoms with E-state index in [-0.39, 0.29) is 11.8 Å². The Morgan fingerprint density at radius 2 is 1.56 bits per heavy atom. The maximum absolute atomic E-state index is 13.0. The van der Waals surface area contributed by atoms with Crippen LogP contribution in [0.25, 0.3) is 0 Å². The first-order chi connectivity index (χ1) is 15.6. The van der Waals surface area contributed by atoms with Crippen LogP contribution < -0.4 is 4.74 Å². The van der Waals surface area contributed by atoms with Crippen LogP contribution in [0.1, 0.15) is 116 Å². The molecular formula is C29H45FO2. The molecule has 0 saturated heterocycles. The predicted molar refractivity (Wildman–Crippen MR) is 130 cm³/mol. The highest BCUT2D eigenvalue weighted by molar-refractivity contribution is 5.72. The van der Waals surface area contributed by atoms with Crippen LogP contribution in [0.15, 0.2) is 24.3 Å². The first-order valence-electron chi connectivity index (χ1n) is 13.6. The van der Waals surface area contributed by atoms with Crippen LogP contribution in [0, 0.1) is 29.5 Å². The summed E-state index contributed by atoms with van der Waals surface area (Å²) in [6.45, 7) is 2.29. The van der Waals surface area contributed by atoms with Gasteiger partial charge in [0.1, 0.15) is 11.6 Å². The number of ether oxygens (including phenoxy) is 1. The zero-order chi connectivity index (χ0) is 22.6. The molecule has 3 heteroatoms. The molecule has 2 fully saturated rings. The summed E-state index contributed by atoms with van der Waals surface area (Å²) in [6, 6.07) is 5.70. The maximum atomic E-state index is 13.0. The lowest BCUT2D eigenvalue weighted by Gasteiger charge is -2.38. The molecule has 2 aliphatic rings. The third-order valence-corrected chi connectivity index (χ3v) is 8.15. The van der Waals surface area contributed by atoms with Crippen LogP contribution in [-0.4, -0.2) is 5.97 Å². The second-order valence-corrected chi connectivity index (χ2v) is 10.6. The van der Waals surface area contributed by atoms with Gasteiger partial charge in [-0.2, -0.15) is 0 Å². The van der Waals surface area contributed by atoms with Gasteiger partial charge in [-0.1, -0.05) is 84.0 Å². The minimum atomic E-state index is -0.311. The van der Waals surface area contributed by atoms with Gasteiger partial charge in [0.25, 0.3) is 0 Å². The average Bonchev–Trinajstić information content (AvgIpc) is 2.82. The summed E-state index contributed by atoms with van der Waals surface area (Å²) in [6.07, 6.45) is 22.4. The molecule has 0 bridgehead atoms. The SMILES string of the molecule is CCCCCCCC[C@H]1CC[C@H]([C@H]2CCCC(CCC(=O)Oc3ccc(F)cc3)C2)CC1. The number of benzene rings is 1. The Hall–Kier alpha value is -1.38. The fourth-order valence-electron chi connectivity index (χ4n) is 6.19. The number of hydrogen-bond donors (Lipinski definition) is 0. The van der Waals surface area contributed by atoms with Crippen LogP contribution >= 0.6 is 0 Å². The Morgan fingerprint density at radius 1 is 0.844 bits per heavy atom. The molecule has 0 radical (unpaired) electrons. The molecule has 0 aromatic heterocycles. The van der Waals surface area contributed by atoms with E-state index in [4.69, 9.17) is 4.74 Å². The first-order valence-corrected chi connectivity index (χ1v) is 13.6. The lowest BCUT2D eigenvalue weighted by molar-refractivity contribution is -0.134. The molecule has 3 rings (SSSR count). The number of carbonyl (C=O) groups excluding carboxylic acids is 1. The molecule has 2 atom stereocenters. The number of unbranched alkanes of at least 4 members (excludes halogenated alkanes) is 5. The summed E-state index contributed by atoms with van der Waals surface area (Å²) in [5, 5.41) is 0. The molecule has 1 aromatic rings. The number of rotatable bonds is 12. The van der Waals surface area contributed by atoms with Gasteiger partial charge in [0, 0.05) is 6.42 Å². The van der Waals surface area contributed by atoms with Crippen molar-refractivity contribution in [1.29, 1.82) is 0 Å². The van der Waals surface area contributed by atoms with E-state index in [0.717, 1.165) is 24.2 Å². The minimum absolute atomic E-state index is 0.186. The van der Waals surface area contributed by atoms with Crippen LogP contribution in [0.5, 0.6) is 5.75 Å². The average molecular weight is 445 g/mol. The minimum Gasteiger partial charge on any atom is -0.427 e. The van der Waals surface area contributed by atoms with Crippen molar-refractivity contribution < 1.29 is 13.9 Å². The zero-order valence-electron chi connectivity index (χ0n) is 20.3. The zero-order valence-corrected chi connectivity index (χ0v) is 20.3. The van der Waals surface area contributed by atoms with E-state index >= 15 is 0 Å². The normalized spacial score (nSPS) is 26.1. The van der Waals surface area contributed by atoms with E-state index in [1.807, 2.05) is 0 Å². The van der Waals surface area contributed by atoms with Crippen LogP contribution in [0.2, 0.25) is 0 Å². The smallest absolute Gasteiger partial charge is 0.311 e. The number of halogens is 1. The van der Waals surface area contributed by atoms with Gasteiger partial charge in [0.15, 0.2) is 0 Å². The van der Waals surface area contributed by atoms with Crippen molar-refractivity contribution in [3.63, 3.8) is 0 Å². The van der Waals surface area contributed by atoms with Gasteiger partial charge in [-0.3, -0.25) is 4.79 Å². The first kappa shape index (κ1) is 25.2. The fourth-order valence-corrected chi connectivity index (χ4v) is 6.19. The highest BCUT2D eigenvalue weighted by atomic mass is 19.1. The Kier molecular flexibility index (Phi) is 11.1. The molecule has 0 aliphatic heterocycles. The molecule has 0 amide bonds. The quantitative estimate of drug-likeness (QED) is 0.183. The summed E-state index contributed by atoms with van der Waals surface area (Å²) in [5.41, 5.74) is 0. The van der Waals surface area contributed by atoms with E-state index in [1.54, 1.807) is 0 Å². The second-order valence-electron chi connectivity index (χ2n) is 10.6. The summed E-state index contributed by atoms with van der Waals surface area (Å²) in [5.74, 6) is 3.38. The van der Waals surface area contributed by atoms with Gasteiger partial charge < -0.3 is 4.74 Å². The van der Waals surface area contributed by atoms with Crippen molar-refractivity contribution in [3.05, 3.63) is 30.1 Å². The largest absolute Gasteiger partial charge is 0.427 e. The van der Waals surface area contributed by atoms with Crippen LogP contribution in [-0.2, 0) is 4.79 Å². The summed E-state index contributed by atoms with van der Waals surface area (Å²) in [7, 11) is 0. The Labute approximate surface area is 195 Å². The van der Waals surface area contributed by atoms with Gasteiger partial charge in [0.2, 0.25) is 0 Å². The molecule has 2 aliphatic carbocycles. The molecule has 0 N–H and O–H groups in total. The predicted octanol–water partition coefficient (Wildman–Crippen LogP) is 8.87. The molecule has 32 heavy (non-hydrogen) atoms. The molecule has 1 aromatic carbocycles. The molecule has 2 saturated carbocycles. The Balaban J connectivity index is 1.30. The lowest BCUT2D eigenvalue weighted by Crippen LogP contribution is -2.27. The van der Waals surface area contributed by atoms with Crippen molar-refractivity contribution in [2.75, 3.05) is 0 Å². The number of esters is 1. The second kappa shape index (κ2) is 14.0. The molecule has 0 spiro atoms. The van der Waals surface area contributed by atoms with Gasteiger partial charge in [-0.15, -0.1) is 0 Å². The molecule has 1 unspecified atom stereocenters.